The van der Waals surface area contributed by atoms with E-state index in [1.807, 2.05) is 0 Å². The fourth-order valence-electron chi connectivity index (χ4n) is 1.90. The summed E-state index contributed by atoms with van der Waals surface area (Å²) in [7, 11) is 0. The first kappa shape index (κ1) is 15.0. The van der Waals surface area contributed by atoms with Crippen molar-refractivity contribution in [3.63, 3.8) is 0 Å². The Hall–Kier alpha value is -1.10. The zero-order valence-corrected chi connectivity index (χ0v) is 11.4. The largest absolute Gasteiger partial charge is 0.356 e. The van der Waals surface area contributed by atoms with Gasteiger partial charge >= 0.3 is 0 Å². The first-order chi connectivity index (χ1) is 8.59. The van der Waals surface area contributed by atoms with E-state index in [0.29, 0.717) is 25.4 Å². The molecule has 1 aliphatic rings. The normalized spacial score (nSPS) is 20.4. The predicted molar refractivity (Wildman–Crippen MR) is 71.1 cm³/mol. The van der Waals surface area contributed by atoms with Crippen LogP contribution in [0.5, 0.6) is 0 Å². The first-order valence-corrected chi connectivity index (χ1v) is 6.87. The fraction of sp³-hybridized carbons (Fsp3) is 0.846. The number of nitrogens with one attached hydrogen (secondary N) is 3. The van der Waals surface area contributed by atoms with E-state index in [1.165, 1.54) is 0 Å². The molecule has 1 fully saturated rings. The molecule has 1 saturated heterocycles. The van der Waals surface area contributed by atoms with E-state index < -0.39 is 0 Å². The van der Waals surface area contributed by atoms with Gasteiger partial charge in [-0.25, -0.2) is 0 Å². The molecule has 0 bridgehead atoms. The summed E-state index contributed by atoms with van der Waals surface area (Å²) in [6, 6.07) is -0.134. The van der Waals surface area contributed by atoms with Crippen molar-refractivity contribution in [3.05, 3.63) is 0 Å². The van der Waals surface area contributed by atoms with Crippen LogP contribution in [0.25, 0.3) is 0 Å². The molecule has 3 N–H and O–H groups in total. The second kappa shape index (κ2) is 8.08. The average Bonchev–Trinajstić information content (AvgIpc) is 2.52. The lowest BCUT2D eigenvalue weighted by molar-refractivity contribution is -0.124. The molecule has 1 atom stereocenters. The molecule has 1 heterocycles. The molecular formula is C13H25N3O2. The highest BCUT2D eigenvalue weighted by molar-refractivity contribution is 5.82. The Balaban J connectivity index is 2.15. The maximum Gasteiger partial charge on any atom is 0.237 e. The van der Waals surface area contributed by atoms with Crippen LogP contribution in [0.1, 0.15) is 39.5 Å². The second-order valence-electron chi connectivity index (χ2n) is 5.24. The van der Waals surface area contributed by atoms with Crippen LogP contribution in [0.4, 0.5) is 0 Å². The lowest BCUT2D eigenvalue weighted by Gasteiger charge is -2.15. The highest BCUT2D eigenvalue weighted by Crippen LogP contribution is 2.05. The third-order valence-corrected chi connectivity index (χ3v) is 2.99. The molecule has 104 valence electrons. The highest BCUT2D eigenvalue weighted by atomic mass is 16.2. The van der Waals surface area contributed by atoms with Crippen molar-refractivity contribution in [2.45, 2.75) is 45.6 Å². The Labute approximate surface area is 109 Å². The van der Waals surface area contributed by atoms with Crippen LogP contribution in [0, 0.1) is 5.92 Å². The number of amides is 2. The molecule has 0 aromatic carbocycles. The van der Waals surface area contributed by atoms with Crippen LogP contribution in [-0.2, 0) is 9.59 Å². The molecule has 1 aliphatic heterocycles. The second-order valence-corrected chi connectivity index (χ2v) is 5.24. The summed E-state index contributed by atoms with van der Waals surface area (Å²) in [5.74, 6) is 0.579. The molecule has 5 nitrogen and oxygen atoms in total. The first-order valence-electron chi connectivity index (χ1n) is 6.87. The summed E-state index contributed by atoms with van der Waals surface area (Å²) in [5, 5.41) is 8.89. The van der Waals surface area contributed by atoms with E-state index in [1.54, 1.807) is 0 Å². The minimum Gasteiger partial charge on any atom is -0.356 e. The standard InChI is InChI=1S/C13H25N3O2/c1-10(2)9-16-12(17)6-8-14-11-5-3-4-7-15-13(11)18/h10-11,14H,3-9H2,1-2H3,(H,15,18)(H,16,17). The zero-order chi connectivity index (χ0) is 13.4. The van der Waals surface area contributed by atoms with E-state index >= 15 is 0 Å². The summed E-state index contributed by atoms with van der Waals surface area (Å²) < 4.78 is 0. The molecule has 0 saturated carbocycles. The van der Waals surface area contributed by atoms with E-state index in [4.69, 9.17) is 0 Å². The van der Waals surface area contributed by atoms with E-state index in [9.17, 15) is 9.59 Å². The lowest BCUT2D eigenvalue weighted by atomic mass is 10.1. The number of carbonyl (C=O) groups is 2. The van der Waals surface area contributed by atoms with Crippen LogP contribution in [0.3, 0.4) is 0 Å². The van der Waals surface area contributed by atoms with Crippen LogP contribution in [-0.4, -0.2) is 37.5 Å². The Morgan fingerprint density at radius 2 is 2.22 bits per heavy atom. The molecule has 0 aromatic rings. The van der Waals surface area contributed by atoms with E-state index in [2.05, 4.69) is 29.8 Å². The number of carbonyl (C=O) groups excluding carboxylic acids is 2. The minimum absolute atomic E-state index is 0.0465. The maximum atomic E-state index is 11.6. The molecule has 0 aromatic heterocycles. The van der Waals surface area contributed by atoms with Crippen molar-refractivity contribution < 1.29 is 9.59 Å². The zero-order valence-electron chi connectivity index (χ0n) is 11.4. The van der Waals surface area contributed by atoms with Gasteiger partial charge in [0.15, 0.2) is 0 Å². The van der Waals surface area contributed by atoms with Crippen molar-refractivity contribution in [1.82, 2.24) is 16.0 Å². The topological polar surface area (TPSA) is 70.2 Å². The molecular weight excluding hydrogens is 230 g/mol. The van der Waals surface area contributed by atoms with Crippen molar-refractivity contribution >= 4 is 11.8 Å². The van der Waals surface area contributed by atoms with Crippen molar-refractivity contribution in [1.29, 1.82) is 0 Å². The van der Waals surface area contributed by atoms with Gasteiger partial charge in [-0.15, -0.1) is 0 Å². The van der Waals surface area contributed by atoms with Gasteiger partial charge in [-0.1, -0.05) is 13.8 Å². The smallest absolute Gasteiger partial charge is 0.237 e. The molecule has 1 rings (SSSR count). The molecule has 1 unspecified atom stereocenters. The van der Waals surface area contributed by atoms with Gasteiger partial charge in [0.1, 0.15) is 0 Å². The number of rotatable bonds is 6. The van der Waals surface area contributed by atoms with Gasteiger partial charge in [-0.05, 0) is 25.2 Å². The molecule has 0 aliphatic carbocycles. The van der Waals surface area contributed by atoms with E-state index in [0.717, 1.165) is 25.8 Å². The van der Waals surface area contributed by atoms with Gasteiger partial charge in [0, 0.05) is 26.1 Å². The Morgan fingerprint density at radius 3 is 2.94 bits per heavy atom. The van der Waals surface area contributed by atoms with Crippen molar-refractivity contribution in [2.24, 2.45) is 5.92 Å². The van der Waals surface area contributed by atoms with Gasteiger partial charge in [0.25, 0.3) is 0 Å². The minimum atomic E-state index is -0.134. The van der Waals surface area contributed by atoms with Gasteiger partial charge in [-0.2, -0.15) is 0 Å². The molecule has 0 spiro atoms. The summed E-state index contributed by atoms with van der Waals surface area (Å²) >= 11 is 0. The van der Waals surface area contributed by atoms with Gasteiger partial charge < -0.3 is 16.0 Å². The lowest BCUT2D eigenvalue weighted by Crippen LogP contribution is -2.44. The number of hydrogen-bond acceptors (Lipinski definition) is 3. The molecule has 0 radical (unpaired) electrons. The van der Waals surface area contributed by atoms with E-state index in [-0.39, 0.29) is 17.9 Å². The van der Waals surface area contributed by atoms with Crippen LogP contribution < -0.4 is 16.0 Å². The molecule has 5 heteroatoms. The summed E-state index contributed by atoms with van der Waals surface area (Å²) in [6.07, 6.45) is 3.38. The molecule has 18 heavy (non-hydrogen) atoms. The highest BCUT2D eigenvalue weighted by Gasteiger charge is 2.19. The van der Waals surface area contributed by atoms with Crippen LogP contribution >= 0.6 is 0 Å². The molecule has 2 amide bonds. The van der Waals surface area contributed by atoms with Crippen molar-refractivity contribution in [2.75, 3.05) is 19.6 Å². The fourth-order valence-corrected chi connectivity index (χ4v) is 1.90. The van der Waals surface area contributed by atoms with Crippen LogP contribution in [0.15, 0.2) is 0 Å². The maximum absolute atomic E-state index is 11.6. The third kappa shape index (κ3) is 6.00. The quantitative estimate of drug-likeness (QED) is 0.644. The summed E-state index contributed by atoms with van der Waals surface area (Å²) in [5.41, 5.74) is 0. The summed E-state index contributed by atoms with van der Waals surface area (Å²) in [6.45, 7) is 6.17. The van der Waals surface area contributed by atoms with Crippen LogP contribution in [0.2, 0.25) is 0 Å². The third-order valence-electron chi connectivity index (χ3n) is 2.99. The number of hydrogen-bond donors (Lipinski definition) is 3. The average molecular weight is 255 g/mol. The Bertz CT molecular complexity index is 279. The Morgan fingerprint density at radius 1 is 1.44 bits per heavy atom. The van der Waals surface area contributed by atoms with Gasteiger partial charge in [0.2, 0.25) is 11.8 Å². The monoisotopic (exact) mass is 255 g/mol. The summed E-state index contributed by atoms with van der Waals surface area (Å²) in [4.78, 5) is 23.1. The SMILES string of the molecule is CC(C)CNC(=O)CCNC1CCCCNC1=O. The van der Waals surface area contributed by atoms with Crippen molar-refractivity contribution in [3.8, 4) is 0 Å². The van der Waals surface area contributed by atoms with Gasteiger partial charge in [0.05, 0.1) is 6.04 Å². The predicted octanol–water partition coefficient (Wildman–Crippen LogP) is 0.407. The Kier molecular flexibility index (Phi) is 6.72. The van der Waals surface area contributed by atoms with Gasteiger partial charge in [-0.3, -0.25) is 9.59 Å².